The first-order chi connectivity index (χ1) is 21.2. The van der Waals surface area contributed by atoms with E-state index in [9.17, 15) is 14.3 Å². The molecule has 1 saturated heterocycles. The van der Waals surface area contributed by atoms with Gasteiger partial charge in [-0.15, -0.1) is 0 Å². The van der Waals surface area contributed by atoms with Crippen LogP contribution in [0.25, 0.3) is 16.7 Å². The van der Waals surface area contributed by atoms with Crippen molar-refractivity contribution in [3.63, 3.8) is 0 Å². The zero-order valence-electron chi connectivity index (χ0n) is 26.3. The monoisotopic (exact) mass is 657 g/mol. The minimum absolute atomic E-state index is 0.0905. The van der Waals surface area contributed by atoms with Gasteiger partial charge in [-0.05, 0) is 70.5 Å². The summed E-state index contributed by atoms with van der Waals surface area (Å²) in [7, 11) is 0. The highest BCUT2D eigenvalue weighted by atomic mass is 35.5. The summed E-state index contributed by atoms with van der Waals surface area (Å²) in [6, 6.07) is 10.3. The van der Waals surface area contributed by atoms with Crippen molar-refractivity contribution in [3.8, 4) is 22.6 Å². The fraction of sp³-hybridized carbons (Fsp3) is 0.412. The zero-order valence-corrected chi connectivity index (χ0v) is 27.8. The number of benzene rings is 2. The van der Waals surface area contributed by atoms with Gasteiger partial charge in [-0.1, -0.05) is 36.2 Å². The van der Waals surface area contributed by atoms with Crippen LogP contribution in [0.15, 0.2) is 48.4 Å². The van der Waals surface area contributed by atoms with Crippen molar-refractivity contribution in [2.45, 2.75) is 71.7 Å². The molecular formula is C34H38Cl2FN3O5. The van der Waals surface area contributed by atoms with Crippen molar-refractivity contribution >= 4 is 40.7 Å². The highest BCUT2D eigenvalue weighted by Gasteiger charge is 2.52. The molecule has 1 atom stereocenters. The van der Waals surface area contributed by atoms with Crippen LogP contribution in [0.1, 0.15) is 71.6 Å². The Bertz CT molecular complexity index is 1650. The van der Waals surface area contributed by atoms with Gasteiger partial charge in [0.25, 0.3) is 0 Å². The van der Waals surface area contributed by atoms with Crippen molar-refractivity contribution in [3.05, 3.63) is 75.3 Å². The molecule has 1 fully saturated rings. The van der Waals surface area contributed by atoms with Gasteiger partial charge in [-0.3, -0.25) is 0 Å². The van der Waals surface area contributed by atoms with Gasteiger partial charge in [0.2, 0.25) is 0 Å². The fourth-order valence-electron chi connectivity index (χ4n) is 5.63. The molecule has 3 aromatic rings. The van der Waals surface area contributed by atoms with E-state index in [0.717, 1.165) is 22.3 Å². The Morgan fingerprint density at radius 1 is 1.18 bits per heavy atom. The molecule has 11 heteroatoms. The SMILES string of the molecule is CCNc1ncc(-c2ccc3c(c2)/C(=C(/O)CC)CC2(CN(C(=O)OC(C)(C)C)C2)O3)cc1OC(C)c1c(Cl)ccc(F)c1Cl. The molecule has 0 aliphatic carbocycles. The quantitative estimate of drug-likeness (QED) is 0.193. The lowest BCUT2D eigenvalue weighted by Gasteiger charge is -2.52. The van der Waals surface area contributed by atoms with E-state index in [2.05, 4.69) is 10.3 Å². The normalized spacial score (nSPS) is 17.1. The number of nitrogens with one attached hydrogen (secondary N) is 1. The highest BCUT2D eigenvalue weighted by Crippen LogP contribution is 2.47. The van der Waals surface area contributed by atoms with Crippen LogP contribution in [0.2, 0.25) is 10.0 Å². The first kappa shape index (κ1) is 32.7. The van der Waals surface area contributed by atoms with Crippen LogP contribution < -0.4 is 14.8 Å². The molecule has 2 aliphatic heterocycles. The average molecular weight is 659 g/mol. The Labute approximate surface area is 273 Å². The molecule has 2 aromatic carbocycles. The smallest absolute Gasteiger partial charge is 0.410 e. The third kappa shape index (κ3) is 6.79. The number of allylic oxidation sites excluding steroid dienone is 1. The topological polar surface area (TPSA) is 93.2 Å². The number of likely N-dealkylation sites (tertiary alicyclic amines) is 1. The lowest BCUT2D eigenvalue weighted by Crippen LogP contribution is -2.67. The van der Waals surface area contributed by atoms with Crippen molar-refractivity contribution in [1.82, 2.24) is 9.88 Å². The van der Waals surface area contributed by atoms with Gasteiger partial charge >= 0.3 is 6.09 Å². The number of hydrogen-bond acceptors (Lipinski definition) is 7. The molecular weight excluding hydrogens is 620 g/mol. The number of carbonyl (C=O) groups is 1. The number of carbonyl (C=O) groups excluding carboxylic acids is 1. The van der Waals surface area contributed by atoms with E-state index in [1.54, 1.807) is 18.0 Å². The summed E-state index contributed by atoms with van der Waals surface area (Å²) in [4.78, 5) is 18.8. The first-order valence-electron chi connectivity index (χ1n) is 15.0. The Morgan fingerprint density at radius 3 is 2.58 bits per heavy atom. The van der Waals surface area contributed by atoms with Crippen LogP contribution >= 0.6 is 23.2 Å². The second-order valence-corrected chi connectivity index (χ2v) is 13.2. The molecule has 0 radical (unpaired) electrons. The summed E-state index contributed by atoms with van der Waals surface area (Å²) in [6.07, 6.45) is 1.57. The summed E-state index contributed by atoms with van der Waals surface area (Å²) < 4.78 is 32.6. The fourth-order valence-corrected chi connectivity index (χ4v) is 6.31. The Balaban J connectivity index is 1.45. The molecule has 3 heterocycles. The van der Waals surface area contributed by atoms with Crippen molar-refractivity contribution in [2.75, 3.05) is 25.0 Å². The van der Waals surface area contributed by atoms with Crippen molar-refractivity contribution < 1.29 is 28.5 Å². The summed E-state index contributed by atoms with van der Waals surface area (Å²) >= 11 is 12.6. The molecule has 0 bridgehead atoms. The van der Waals surface area contributed by atoms with Crippen molar-refractivity contribution in [1.29, 1.82) is 0 Å². The second-order valence-electron chi connectivity index (χ2n) is 12.4. The lowest BCUT2D eigenvalue weighted by molar-refractivity contribution is -0.0818. The number of aliphatic hydroxyl groups excluding tert-OH is 1. The van der Waals surface area contributed by atoms with E-state index >= 15 is 0 Å². The zero-order chi connectivity index (χ0) is 32.7. The Hall–Kier alpha value is -3.69. The number of aromatic nitrogens is 1. The van der Waals surface area contributed by atoms with Gasteiger partial charge < -0.3 is 29.5 Å². The number of anilines is 1. The number of nitrogens with zero attached hydrogens (tertiary/aromatic N) is 2. The van der Waals surface area contributed by atoms with Crippen LogP contribution in [-0.2, 0) is 4.74 Å². The van der Waals surface area contributed by atoms with Crippen LogP contribution in [0.4, 0.5) is 15.0 Å². The maximum Gasteiger partial charge on any atom is 0.410 e. The van der Waals surface area contributed by atoms with E-state index in [4.69, 9.17) is 37.4 Å². The Kier molecular flexibility index (Phi) is 9.16. The minimum Gasteiger partial charge on any atom is -0.512 e. The van der Waals surface area contributed by atoms with Gasteiger partial charge in [0.05, 0.1) is 23.9 Å². The van der Waals surface area contributed by atoms with E-state index in [1.165, 1.54) is 12.1 Å². The third-order valence-corrected chi connectivity index (χ3v) is 8.46. The molecule has 2 aliphatic rings. The molecule has 1 spiro atoms. The number of halogens is 3. The van der Waals surface area contributed by atoms with E-state index in [-0.39, 0.29) is 16.9 Å². The predicted molar refractivity (Wildman–Crippen MR) is 175 cm³/mol. The van der Waals surface area contributed by atoms with Gasteiger partial charge in [0, 0.05) is 52.9 Å². The molecule has 1 amide bonds. The molecule has 5 rings (SSSR count). The molecule has 2 N–H and O–H groups in total. The maximum absolute atomic E-state index is 14.3. The molecule has 8 nitrogen and oxygen atoms in total. The maximum atomic E-state index is 14.3. The minimum atomic E-state index is -0.679. The molecule has 45 heavy (non-hydrogen) atoms. The standard InChI is InChI=1S/C34H38Cl2FN3O5/c1-7-26(41)23-15-34(17-40(18-34)32(42)45-33(4,5)6)44-27-12-9-20(13-22(23)27)21-14-28(31(38-8-2)39-16-21)43-19(3)29-24(35)10-11-25(37)30(29)36/h9-14,16,19,41H,7-8,15,17-18H2,1-6H3,(H,38,39)/b26-23+. The number of hydrogen-bond donors (Lipinski definition) is 2. The third-order valence-electron chi connectivity index (χ3n) is 7.74. The number of ether oxygens (including phenoxy) is 3. The first-order valence-corrected chi connectivity index (χ1v) is 15.8. The lowest BCUT2D eigenvalue weighted by atomic mass is 9.80. The van der Waals surface area contributed by atoms with Gasteiger partial charge in [-0.2, -0.15) is 0 Å². The van der Waals surface area contributed by atoms with Gasteiger partial charge in [0.1, 0.15) is 28.9 Å². The summed E-state index contributed by atoms with van der Waals surface area (Å²) in [5, 5.41) is 14.4. The molecule has 240 valence electrons. The number of rotatable bonds is 7. The van der Waals surface area contributed by atoms with E-state index < -0.39 is 23.1 Å². The average Bonchev–Trinajstić information content (AvgIpc) is 2.96. The molecule has 0 saturated carbocycles. The molecule has 1 aromatic heterocycles. The van der Waals surface area contributed by atoms with Gasteiger partial charge in [0.15, 0.2) is 11.6 Å². The van der Waals surface area contributed by atoms with Crippen molar-refractivity contribution in [2.24, 2.45) is 0 Å². The van der Waals surface area contributed by atoms with Crippen LogP contribution in [0.5, 0.6) is 11.5 Å². The number of aliphatic hydroxyl groups is 1. The van der Waals surface area contributed by atoms with Gasteiger partial charge in [-0.25, -0.2) is 14.2 Å². The summed E-state index contributed by atoms with van der Waals surface area (Å²) in [5.41, 5.74) is 2.25. The second kappa shape index (κ2) is 12.6. The predicted octanol–water partition coefficient (Wildman–Crippen LogP) is 9.22. The van der Waals surface area contributed by atoms with E-state index in [0.29, 0.717) is 60.4 Å². The number of pyridine rings is 1. The Morgan fingerprint density at radius 2 is 1.91 bits per heavy atom. The van der Waals surface area contributed by atoms with Crippen LogP contribution in [-0.4, -0.2) is 51.9 Å². The molecule has 1 unspecified atom stereocenters. The van der Waals surface area contributed by atoms with Crippen LogP contribution in [0.3, 0.4) is 0 Å². The van der Waals surface area contributed by atoms with E-state index in [1.807, 2.05) is 58.9 Å². The summed E-state index contributed by atoms with van der Waals surface area (Å²) in [6.45, 7) is 12.4. The highest BCUT2D eigenvalue weighted by molar-refractivity contribution is 6.36. The number of amides is 1. The van der Waals surface area contributed by atoms with Crippen LogP contribution in [0, 0.1) is 5.82 Å². The largest absolute Gasteiger partial charge is 0.512 e. The summed E-state index contributed by atoms with van der Waals surface area (Å²) in [5.74, 6) is 1.27. The number of fused-ring (bicyclic) bond motifs is 1.